The molecule has 2 fully saturated rings. The molecular formula is C23H27F2N7O3. The number of alkyl halides is 2. The van der Waals surface area contributed by atoms with Gasteiger partial charge in [0.25, 0.3) is 5.91 Å². The van der Waals surface area contributed by atoms with Crippen molar-refractivity contribution in [2.45, 2.75) is 70.4 Å². The van der Waals surface area contributed by atoms with E-state index in [1.165, 1.54) is 6.92 Å². The van der Waals surface area contributed by atoms with Gasteiger partial charge in [-0.2, -0.15) is 5.10 Å². The first-order chi connectivity index (χ1) is 16.7. The lowest BCUT2D eigenvalue weighted by molar-refractivity contribution is -0.119. The molecule has 0 bridgehead atoms. The molecule has 12 heteroatoms. The van der Waals surface area contributed by atoms with Gasteiger partial charge in [0, 0.05) is 19.8 Å². The summed E-state index contributed by atoms with van der Waals surface area (Å²) in [5.41, 5.74) is 2.31. The quantitative estimate of drug-likeness (QED) is 0.523. The summed E-state index contributed by atoms with van der Waals surface area (Å²) in [6.07, 6.45) is 5.47. The minimum Gasteiger partial charge on any atom is -0.349 e. The predicted octanol–water partition coefficient (Wildman–Crippen LogP) is 3.30. The molecule has 0 radical (unpaired) electrons. The molecule has 0 spiro atoms. The van der Waals surface area contributed by atoms with Crippen molar-refractivity contribution in [2.75, 3.05) is 0 Å². The van der Waals surface area contributed by atoms with E-state index in [-0.39, 0.29) is 49.2 Å². The molecule has 10 nitrogen and oxygen atoms in total. The van der Waals surface area contributed by atoms with Gasteiger partial charge in [-0.1, -0.05) is 5.16 Å². The highest BCUT2D eigenvalue weighted by Crippen LogP contribution is 2.42. The van der Waals surface area contributed by atoms with Gasteiger partial charge < -0.3 is 10.6 Å². The Hall–Kier alpha value is -3.44. The number of nitrogens with zero attached hydrogens (tertiary/aromatic N) is 5. The number of nitrogens with one attached hydrogen (secondary N) is 2. The third kappa shape index (κ3) is 5.01. The molecule has 0 aliphatic heterocycles. The largest absolute Gasteiger partial charge is 0.349 e. The molecule has 186 valence electrons. The van der Waals surface area contributed by atoms with Gasteiger partial charge in [-0.15, -0.1) is 0 Å². The van der Waals surface area contributed by atoms with Gasteiger partial charge in [-0.25, -0.2) is 22.9 Å². The Balaban J connectivity index is 1.45. The second-order valence-electron chi connectivity index (χ2n) is 9.62. The third-order valence-electron chi connectivity index (χ3n) is 6.88. The molecule has 2 saturated carbocycles. The van der Waals surface area contributed by atoms with E-state index in [0.29, 0.717) is 23.0 Å². The second-order valence-corrected chi connectivity index (χ2v) is 9.62. The number of aryl methyl sites for hydroxylation is 1. The Morgan fingerprint density at radius 2 is 1.83 bits per heavy atom. The van der Waals surface area contributed by atoms with E-state index >= 15 is 0 Å². The van der Waals surface area contributed by atoms with Crippen molar-refractivity contribution in [1.82, 2.24) is 35.5 Å². The molecule has 2 aliphatic carbocycles. The summed E-state index contributed by atoms with van der Waals surface area (Å²) in [7, 11) is 0. The van der Waals surface area contributed by atoms with E-state index in [1.54, 1.807) is 23.8 Å². The lowest BCUT2D eigenvalue weighted by Gasteiger charge is -2.33. The third-order valence-corrected chi connectivity index (χ3v) is 6.88. The maximum Gasteiger partial charge on any atom is 0.276 e. The normalized spacial score (nSPS) is 19.9. The fourth-order valence-corrected chi connectivity index (χ4v) is 4.83. The van der Waals surface area contributed by atoms with Gasteiger partial charge in [0.15, 0.2) is 11.3 Å². The highest BCUT2D eigenvalue weighted by Gasteiger charge is 2.40. The van der Waals surface area contributed by atoms with E-state index in [0.717, 1.165) is 18.4 Å². The van der Waals surface area contributed by atoms with Crippen LogP contribution in [0.4, 0.5) is 8.78 Å². The molecule has 3 aromatic heterocycles. The Bertz CT molecular complexity index is 1240. The number of rotatable bonds is 7. The molecule has 0 unspecified atom stereocenters. The first kappa shape index (κ1) is 23.3. The molecule has 3 aromatic rings. The van der Waals surface area contributed by atoms with Crippen LogP contribution >= 0.6 is 0 Å². The summed E-state index contributed by atoms with van der Waals surface area (Å²) in [5.74, 6) is -3.18. The second kappa shape index (κ2) is 8.97. The number of fused-ring (bicyclic) bond motifs is 1. The molecule has 3 heterocycles. The lowest BCUT2D eigenvalue weighted by Crippen LogP contribution is -2.37. The highest BCUT2D eigenvalue weighted by atomic mass is 19.3. The molecule has 0 saturated heterocycles. The number of imidazole rings is 1. The Morgan fingerprint density at radius 1 is 1.11 bits per heavy atom. The summed E-state index contributed by atoms with van der Waals surface area (Å²) in [5, 5.41) is 17.7. The Morgan fingerprint density at radius 3 is 2.46 bits per heavy atom. The van der Waals surface area contributed by atoms with Crippen LogP contribution in [0.25, 0.3) is 5.65 Å². The maximum atomic E-state index is 13.9. The first-order valence-corrected chi connectivity index (χ1v) is 11.8. The average Bonchev–Trinajstić information content (AvgIpc) is 3.41. The van der Waals surface area contributed by atoms with Crippen LogP contribution in [0.2, 0.25) is 0 Å². The van der Waals surface area contributed by atoms with E-state index in [4.69, 9.17) is 4.98 Å². The lowest BCUT2D eigenvalue weighted by atomic mass is 9.81. The summed E-state index contributed by atoms with van der Waals surface area (Å²) < 4.78 is 33.9. The fourth-order valence-electron chi connectivity index (χ4n) is 4.83. The van der Waals surface area contributed by atoms with Crippen molar-refractivity contribution in [2.24, 2.45) is 11.8 Å². The summed E-state index contributed by atoms with van der Waals surface area (Å²) in [4.78, 5) is 29.3. The van der Waals surface area contributed by atoms with Crippen LogP contribution in [-0.2, 0) is 4.79 Å². The van der Waals surface area contributed by atoms with Crippen LogP contribution in [0.5, 0.6) is 0 Å². The zero-order valence-electron chi connectivity index (χ0n) is 19.5. The van der Waals surface area contributed by atoms with Crippen molar-refractivity contribution < 1.29 is 23.0 Å². The van der Waals surface area contributed by atoms with Crippen molar-refractivity contribution in [3.05, 3.63) is 41.1 Å². The van der Waals surface area contributed by atoms with E-state index in [2.05, 4.69) is 30.7 Å². The van der Waals surface area contributed by atoms with Crippen LogP contribution < -0.4 is 10.6 Å². The van der Waals surface area contributed by atoms with Gasteiger partial charge in [-0.3, -0.25) is 9.59 Å². The van der Waals surface area contributed by atoms with Crippen molar-refractivity contribution in [1.29, 1.82) is 0 Å². The molecule has 0 aromatic carbocycles. The molecule has 35 heavy (non-hydrogen) atoms. The van der Waals surface area contributed by atoms with E-state index in [9.17, 15) is 18.4 Å². The summed E-state index contributed by atoms with van der Waals surface area (Å²) in [6, 6.07) is 1.12. The van der Waals surface area contributed by atoms with Crippen LogP contribution in [0.3, 0.4) is 0 Å². The summed E-state index contributed by atoms with van der Waals surface area (Å²) >= 11 is 0. The number of amides is 2. The predicted molar refractivity (Wildman–Crippen MR) is 118 cm³/mol. The number of carbonyl (C=O) groups excluding carboxylic acids is 2. The van der Waals surface area contributed by atoms with Gasteiger partial charge in [0.2, 0.25) is 11.8 Å². The summed E-state index contributed by atoms with van der Waals surface area (Å²) in [6.45, 7) is 3.09. The van der Waals surface area contributed by atoms with Crippen LogP contribution in [0, 0.1) is 18.8 Å². The zero-order valence-corrected chi connectivity index (χ0v) is 19.5. The minimum atomic E-state index is -2.70. The highest BCUT2D eigenvalue weighted by molar-refractivity contribution is 5.93. The van der Waals surface area contributed by atoms with Crippen LogP contribution in [-0.4, -0.2) is 42.6 Å². The molecule has 2 N–H and O–H groups in total. The first-order valence-electron chi connectivity index (χ1n) is 11.8. The molecule has 2 atom stereocenters. The van der Waals surface area contributed by atoms with Crippen LogP contribution in [0.15, 0.2) is 23.1 Å². The molecule has 5 rings (SSSR count). The monoisotopic (exact) mass is 487 g/mol. The molecule has 2 amide bonds. The van der Waals surface area contributed by atoms with Crippen molar-refractivity contribution in [3.63, 3.8) is 0 Å². The number of carbonyl (C=O) groups is 2. The SMILES string of the molecule is CC(=O)N[C@@H](c1cnn2cc([C@@H](NC(=O)c3nonc3C)C3CCC(F)(F)CC3)nc2c1)C1CC1. The van der Waals surface area contributed by atoms with Gasteiger partial charge >= 0.3 is 0 Å². The van der Waals surface area contributed by atoms with E-state index in [1.807, 2.05) is 6.07 Å². The van der Waals surface area contributed by atoms with E-state index < -0.39 is 17.9 Å². The zero-order chi connectivity index (χ0) is 24.7. The molecular weight excluding hydrogens is 460 g/mol. The fraction of sp³-hybridized carbons (Fsp3) is 0.565. The molecule has 2 aliphatic rings. The number of aromatic nitrogens is 5. The van der Waals surface area contributed by atoms with Gasteiger partial charge in [-0.05, 0) is 61.2 Å². The minimum absolute atomic E-state index is 0.0443. The number of halogens is 2. The van der Waals surface area contributed by atoms with Gasteiger partial charge in [0.05, 0.1) is 30.2 Å². The average molecular weight is 488 g/mol. The Kier molecular flexibility index (Phi) is 5.97. The standard InChI is InChI=1S/C23H27F2N7O3/c1-12-19(31-35-30-12)22(34)29-21(15-5-7-23(24,25)8-6-15)17-11-32-18(28-17)9-16(10-26-32)20(14-3-4-14)27-13(2)33/h9-11,14-15,20-21H,3-8H2,1-2H3,(H,27,33)(H,29,34)/t20-,21+/m1/s1. The van der Waals surface area contributed by atoms with Crippen molar-refractivity contribution >= 4 is 17.5 Å². The Labute approximate surface area is 199 Å². The number of hydrogen-bond donors (Lipinski definition) is 2. The smallest absolute Gasteiger partial charge is 0.276 e. The van der Waals surface area contributed by atoms with Crippen LogP contribution in [0.1, 0.15) is 85.0 Å². The topological polar surface area (TPSA) is 127 Å². The van der Waals surface area contributed by atoms with Crippen molar-refractivity contribution in [3.8, 4) is 0 Å². The maximum absolute atomic E-state index is 13.9. The number of hydrogen-bond acceptors (Lipinski definition) is 7. The van der Waals surface area contributed by atoms with Gasteiger partial charge in [0.1, 0.15) is 5.69 Å².